The molecule has 0 aliphatic heterocycles. The monoisotopic (exact) mass is 148 g/mol. The van der Waals surface area contributed by atoms with Crippen molar-refractivity contribution in [1.82, 2.24) is 0 Å². The van der Waals surface area contributed by atoms with Crippen molar-refractivity contribution < 1.29 is 14.0 Å². The Balaban J connectivity index is 3.47. The van der Waals surface area contributed by atoms with Crippen molar-refractivity contribution in [2.75, 3.05) is 7.11 Å². The van der Waals surface area contributed by atoms with Gasteiger partial charge in [0.15, 0.2) is 8.32 Å². The molecule has 0 amide bonds. The highest BCUT2D eigenvalue weighted by atomic mass is 28.4. The molecule has 0 fully saturated rings. The van der Waals surface area contributed by atoms with E-state index in [2.05, 4.69) is 4.65 Å². The van der Waals surface area contributed by atoms with Crippen LogP contribution in [0.25, 0.3) is 0 Å². The molecule has 0 radical (unpaired) electrons. The van der Waals surface area contributed by atoms with Crippen molar-refractivity contribution >= 4 is 15.6 Å². The van der Waals surface area contributed by atoms with Gasteiger partial charge in [-0.2, -0.15) is 0 Å². The van der Waals surface area contributed by atoms with E-state index in [4.69, 9.17) is 9.37 Å². The van der Waals surface area contributed by atoms with Crippen LogP contribution in [0.2, 0.25) is 19.6 Å². The minimum atomic E-state index is -1.62. The second kappa shape index (κ2) is 3.36. The molecule has 9 heavy (non-hydrogen) atoms. The molecule has 0 aromatic heterocycles. The first kappa shape index (κ1) is 9.16. The standard InChI is InChI=1S/C4H13BO3Si/c1-7-5(6)8-9(2,3)4/h6H,1-4H3. The lowest BCUT2D eigenvalue weighted by molar-refractivity contribution is 0.236. The van der Waals surface area contributed by atoms with Crippen LogP contribution in [0.4, 0.5) is 0 Å². The van der Waals surface area contributed by atoms with Crippen LogP contribution >= 0.6 is 0 Å². The lowest BCUT2D eigenvalue weighted by Crippen LogP contribution is -2.36. The Bertz CT molecular complexity index is 82.4. The van der Waals surface area contributed by atoms with Crippen molar-refractivity contribution in [3.63, 3.8) is 0 Å². The average Bonchev–Trinajstić information content (AvgIpc) is 1.62. The van der Waals surface area contributed by atoms with Gasteiger partial charge in [0, 0.05) is 7.11 Å². The Morgan fingerprint density at radius 2 is 1.78 bits per heavy atom. The molecule has 0 saturated heterocycles. The van der Waals surface area contributed by atoms with Gasteiger partial charge in [-0.15, -0.1) is 0 Å². The SMILES string of the molecule is COB(O)O[Si](C)(C)C. The van der Waals surface area contributed by atoms with E-state index in [-0.39, 0.29) is 0 Å². The Kier molecular flexibility index (Phi) is 3.42. The third-order valence-electron chi connectivity index (χ3n) is 0.656. The van der Waals surface area contributed by atoms with Crippen LogP contribution in [0.3, 0.4) is 0 Å². The molecule has 0 bridgehead atoms. The third-order valence-corrected chi connectivity index (χ3v) is 1.56. The van der Waals surface area contributed by atoms with Crippen LogP contribution < -0.4 is 0 Å². The van der Waals surface area contributed by atoms with Crippen molar-refractivity contribution in [2.45, 2.75) is 19.6 Å². The van der Waals surface area contributed by atoms with Crippen LogP contribution in [0.15, 0.2) is 0 Å². The minimum absolute atomic E-state index is 1.04. The van der Waals surface area contributed by atoms with E-state index in [1.54, 1.807) is 0 Å². The maximum Gasteiger partial charge on any atom is 0.625 e. The van der Waals surface area contributed by atoms with Crippen molar-refractivity contribution in [2.24, 2.45) is 0 Å². The second-order valence-corrected chi connectivity index (χ2v) is 7.23. The van der Waals surface area contributed by atoms with Crippen molar-refractivity contribution in [3.05, 3.63) is 0 Å². The van der Waals surface area contributed by atoms with Gasteiger partial charge in [0.25, 0.3) is 0 Å². The lowest BCUT2D eigenvalue weighted by Gasteiger charge is -2.17. The molecule has 1 N–H and O–H groups in total. The maximum atomic E-state index is 8.78. The molecule has 0 saturated carbocycles. The lowest BCUT2D eigenvalue weighted by atomic mass is 10.3. The van der Waals surface area contributed by atoms with E-state index in [0.29, 0.717) is 0 Å². The Hall–Kier alpha value is 0.162. The molecule has 0 rings (SSSR count). The van der Waals surface area contributed by atoms with Crippen LogP contribution in [0.5, 0.6) is 0 Å². The topological polar surface area (TPSA) is 38.7 Å². The van der Waals surface area contributed by atoms with Gasteiger partial charge < -0.3 is 14.0 Å². The highest BCUT2D eigenvalue weighted by Crippen LogP contribution is 2.02. The zero-order chi connectivity index (χ0) is 7.49. The number of rotatable bonds is 3. The second-order valence-electron chi connectivity index (χ2n) is 2.77. The molecule has 0 atom stereocenters. The maximum absolute atomic E-state index is 8.78. The fourth-order valence-corrected chi connectivity index (χ4v) is 1.05. The van der Waals surface area contributed by atoms with Crippen LogP contribution in [-0.4, -0.2) is 27.8 Å². The van der Waals surface area contributed by atoms with E-state index in [9.17, 15) is 0 Å². The normalized spacial score (nSPS) is 11.7. The summed E-state index contributed by atoms with van der Waals surface area (Å²) in [4.78, 5) is 0. The number of hydrogen-bond acceptors (Lipinski definition) is 3. The smallest absolute Gasteiger partial charge is 0.428 e. The summed E-state index contributed by atoms with van der Waals surface area (Å²) in [5, 5.41) is 8.78. The quantitative estimate of drug-likeness (QED) is 0.591. The Morgan fingerprint density at radius 3 is 1.89 bits per heavy atom. The molecule has 54 valence electrons. The van der Waals surface area contributed by atoms with E-state index in [0.717, 1.165) is 0 Å². The Morgan fingerprint density at radius 1 is 1.33 bits per heavy atom. The molecule has 5 heteroatoms. The van der Waals surface area contributed by atoms with Crippen LogP contribution in [-0.2, 0) is 9.00 Å². The highest BCUT2D eigenvalue weighted by molar-refractivity contribution is 6.74. The average molecular weight is 148 g/mol. The zero-order valence-corrected chi connectivity index (χ0v) is 7.34. The molecular formula is C4H13BO3Si. The van der Waals surface area contributed by atoms with Gasteiger partial charge in [-0.1, -0.05) is 0 Å². The summed E-state index contributed by atoms with van der Waals surface area (Å²) in [7, 11) is -1.25. The fourth-order valence-electron chi connectivity index (χ4n) is 0.351. The van der Waals surface area contributed by atoms with Crippen molar-refractivity contribution in [1.29, 1.82) is 0 Å². The fraction of sp³-hybridized carbons (Fsp3) is 1.00. The molecule has 0 aromatic rings. The van der Waals surface area contributed by atoms with Crippen LogP contribution in [0, 0.1) is 0 Å². The first-order valence-electron chi connectivity index (χ1n) is 2.84. The van der Waals surface area contributed by atoms with Gasteiger partial charge in [-0.05, 0) is 19.6 Å². The number of hydrogen-bond donors (Lipinski definition) is 1. The summed E-state index contributed by atoms with van der Waals surface area (Å²) in [6.07, 6.45) is 0. The first-order valence-corrected chi connectivity index (χ1v) is 6.25. The van der Waals surface area contributed by atoms with Gasteiger partial charge in [-0.25, -0.2) is 0 Å². The van der Waals surface area contributed by atoms with Gasteiger partial charge >= 0.3 is 7.32 Å². The van der Waals surface area contributed by atoms with E-state index in [1.165, 1.54) is 7.11 Å². The van der Waals surface area contributed by atoms with E-state index < -0.39 is 15.6 Å². The molecule has 0 aliphatic carbocycles. The minimum Gasteiger partial charge on any atom is -0.428 e. The molecule has 0 unspecified atom stereocenters. The summed E-state index contributed by atoms with van der Waals surface area (Å²) in [6, 6.07) is 0. The summed E-state index contributed by atoms with van der Waals surface area (Å²) < 4.78 is 9.55. The first-order chi connectivity index (χ1) is 3.95. The molecule has 3 nitrogen and oxygen atoms in total. The summed E-state index contributed by atoms with van der Waals surface area (Å²) in [5.74, 6) is 0. The Labute approximate surface area is 57.3 Å². The van der Waals surface area contributed by atoms with Gasteiger partial charge in [0.2, 0.25) is 0 Å². The summed E-state index contributed by atoms with van der Waals surface area (Å²) in [5.41, 5.74) is 0. The largest absolute Gasteiger partial charge is 0.625 e. The van der Waals surface area contributed by atoms with Gasteiger partial charge in [0.1, 0.15) is 0 Å². The van der Waals surface area contributed by atoms with E-state index in [1.807, 2.05) is 19.6 Å². The molecular weight excluding hydrogens is 135 g/mol. The molecule has 0 aliphatic rings. The predicted molar refractivity (Wildman–Crippen MR) is 39.4 cm³/mol. The molecule has 0 aromatic carbocycles. The van der Waals surface area contributed by atoms with Crippen molar-refractivity contribution in [3.8, 4) is 0 Å². The predicted octanol–water partition coefficient (Wildman–Crippen LogP) is 0.461. The van der Waals surface area contributed by atoms with E-state index >= 15 is 0 Å². The zero-order valence-electron chi connectivity index (χ0n) is 6.34. The summed E-state index contributed by atoms with van der Waals surface area (Å²) >= 11 is 0. The third kappa shape index (κ3) is 6.04. The molecule has 0 heterocycles. The van der Waals surface area contributed by atoms with Gasteiger partial charge in [0.05, 0.1) is 0 Å². The molecule has 0 spiro atoms. The van der Waals surface area contributed by atoms with Gasteiger partial charge in [-0.3, -0.25) is 0 Å². The highest BCUT2D eigenvalue weighted by Gasteiger charge is 2.23. The summed E-state index contributed by atoms with van der Waals surface area (Å²) in [6.45, 7) is 5.94. The van der Waals surface area contributed by atoms with Crippen LogP contribution in [0.1, 0.15) is 0 Å².